The van der Waals surface area contributed by atoms with Crippen LogP contribution in [0.5, 0.6) is 0 Å². The molecule has 0 aliphatic rings. The van der Waals surface area contributed by atoms with Gasteiger partial charge in [-0.15, -0.1) is 0 Å². The molecular formula is C25H25ClN2O4S. The molecule has 0 aliphatic carbocycles. The van der Waals surface area contributed by atoms with Crippen molar-refractivity contribution in [2.24, 2.45) is 0 Å². The molecule has 1 heterocycles. The average molecular weight is 485 g/mol. The summed E-state index contributed by atoms with van der Waals surface area (Å²) in [4.78, 5) is 15.1. The number of nitrogens with one attached hydrogen (secondary N) is 1. The Morgan fingerprint density at radius 2 is 1.76 bits per heavy atom. The van der Waals surface area contributed by atoms with Crippen molar-refractivity contribution < 1.29 is 18.3 Å². The summed E-state index contributed by atoms with van der Waals surface area (Å²) in [5, 5.41) is 9.31. The van der Waals surface area contributed by atoms with E-state index in [1.807, 2.05) is 48.7 Å². The van der Waals surface area contributed by atoms with Crippen LogP contribution in [0.4, 0.5) is 0 Å². The monoisotopic (exact) mass is 484 g/mol. The molecule has 2 N–H and O–H groups in total. The van der Waals surface area contributed by atoms with Crippen molar-refractivity contribution in [1.82, 2.24) is 9.71 Å². The number of aliphatic carboxylic acids is 1. The Morgan fingerprint density at radius 3 is 2.39 bits per heavy atom. The van der Waals surface area contributed by atoms with E-state index in [4.69, 9.17) is 16.7 Å². The van der Waals surface area contributed by atoms with Crippen molar-refractivity contribution in [3.63, 3.8) is 0 Å². The van der Waals surface area contributed by atoms with Gasteiger partial charge < -0.3 is 5.11 Å². The van der Waals surface area contributed by atoms with Gasteiger partial charge >= 0.3 is 5.97 Å². The van der Waals surface area contributed by atoms with Gasteiger partial charge in [-0.2, -0.15) is 0 Å². The van der Waals surface area contributed by atoms with E-state index >= 15 is 0 Å². The molecular weight excluding hydrogens is 460 g/mol. The minimum absolute atomic E-state index is 0.00930. The highest BCUT2D eigenvalue weighted by molar-refractivity contribution is 7.89. The van der Waals surface area contributed by atoms with Crippen LogP contribution in [0.2, 0.25) is 5.02 Å². The molecule has 1 atom stereocenters. The number of benzene rings is 2. The van der Waals surface area contributed by atoms with E-state index in [0.717, 1.165) is 16.7 Å². The van der Waals surface area contributed by atoms with E-state index in [0.29, 0.717) is 17.9 Å². The number of nitrogens with zero attached hydrogens (tertiary/aromatic N) is 1. The molecule has 0 bridgehead atoms. The third-order valence-electron chi connectivity index (χ3n) is 5.13. The highest BCUT2D eigenvalue weighted by atomic mass is 35.5. The SMILES string of the molecule is O=C(O)C/C=C/CC(c1ccc(CCNS(=O)(=O)c2ccc(Cl)cc2)cc1)c1cccnc1. The van der Waals surface area contributed by atoms with Gasteiger partial charge in [-0.05, 0) is 59.9 Å². The van der Waals surface area contributed by atoms with Gasteiger partial charge in [0.15, 0.2) is 0 Å². The van der Waals surface area contributed by atoms with Crippen molar-refractivity contribution in [3.05, 3.63) is 107 Å². The fourth-order valence-electron chi connectivity index (χ4n) is 3.41. The van der Waals surface area contributed by atoms with Gasteiger partial charge in [-0.3, -0.25) is 9.78 Å². The zero-order chi connectivity index (χ0) is 23.7. The Hall–Kier alpha value is -3.00. The molecule has 3 aromatic rings. The second-order valence-electron chi connectivity index (χ2n) is 7.49. The predicted octanol–water partition coefficient (Wildman–Crippen LogP) is 4.81. The maximum atomic E-state index is 12.4. The molecule has 0 aliphatic heterocycles. The van der Waals surface area contributed by atoms with Gasteiger partial charge in [0, 0.05) is 29.9 Å². The first-order valence-corrected chi connectivity index (χ1v) is 12.3. The molecule has 2 aromatic carbocycles. The molecule has 0 amide bonds. The van der Waals surface area contributed by atoms with Crippen molar-refractivity contribution >= 4 is 27.6 Å². The lowest BCUT2D eigenvalue weighted by molar-refractivity contribution is -0.136. The molecule has 0 fully saturated rings. The van der Waals surface area contributed by atoms with E-state index in [-0.39, 0.29) is 23.8 Å². The summed E-state index contributed by atoms with van der Waals surface area (Å²) in [5.74, 6) is -0.818. The Kier molecular flexibility index (Phi) is 8.77. The van der Waals surface area contributed by atoms with Crippen LogP contribution in [0.25, 0.3) is 0 Å². The van der Waals surface area contributed by atoms with Crippen LogP contribution in [0.1, 0.15) is 35.4 Å². The lowest BCUT2D eigenvalue weighted by Crippen LogP contribution is -2.25. The van der Waals surface area contributed by atoms with Crippen LogP contribution in [-0.2, 0) is 21.2 Å². The molecule has 0 spiro atoms. The summed E-state index contributed by atoms with van der Waals surface area (Å²) in [6, 6.07) is 17.9. The first-order valence-electron chi connectivity index (χ1n) is 10.5. The Labute approximate surface area is 199 Å². The number of rotatable bonds is 11. The van der Waals surface area contributed by atoms with E-state index in [1.165, 1.54) is 12.1 Å². The quantitative estimate of drug-likeness (QED) is 0.381. The highest BCUT2D eigenvalue weighted by Gasteiger charge is 2.15. The van der Waals surface area contributed by atoms with E-state index in [2.05, 4.69) is 9.71 Å². The topological polar surface area (TPSA) is 96.4 Å². The maximum absolute atomic E-state index is 12.4. The molecule has 0 saturated carbocycles. The number of carbonyl (C=O) groups is 1. The first kappa shape index (κ1) is 24.6. The minimum Gasteiger partial charge on any atom is -0.481 e. The molecule has 1 aromatic heterocycles. The van der Waals surface area contributed by atoms with Crippen LogP contribution >= 0.6 is 11.6 Å². The van der Waals surface area contributed by atoms with Crippen LogP contribution in [-0.4, -0.2) is 31.0 Å². The summed E-state index contributed by atoms with van der Waals surface area (Å²) in [6.45, 7) is 0.272. The predicted molar refractivity (Wildman–Crippen MR) is 129 cm³/mol. The number of hydrogen-bond donors (Lipinski definition) is 2. The Balaban J connectivity index is 1.64. The minimum atomic E-state index is -3.59. The fraction of sp³-hybridized carbons (Fsp3) is 0.200. The largest absolute Gasteiger partial charge is 0.481 e. The molecule has 1 unspecified atom stereocenters. The van der Waals surface area contributed by atoms with Gasteiger partial charge in [-0.1, -0.05) is 54.1 Å². The molecule has 0 radical (unpaired) electrons. The van der Waals surface area contributed by atoms with Crippen LogP contribution in [0.3, 0.4) is 0 Å². The smallest absolute Gasteiger partial charge is 0.307 e. The van der Waals surface area contributed by atoms with Crippen molar-refractivity contribution in [2.45, 2.75) is 30.1 Å². The normalized spacial score (nSPS) is 12.6. The molecule has 3 rings (SSSR count). The summed E-state index contributed by atoms with van der Waals surface area (Å²) >= 11 is 5.82. The summed E-state index contributed by atoms with van der Waals surface area (Å²) in [7, 11) is -3.59. The van der Waals surface area contributed by atoms with Crippen molar-refractivity contribution in [3.8, 4) is 0 Å². The van der Waals surface area contributed by atoms with Crippen molar-refractivity contribution in [2.75, 3.05) is 6.54 Å². The van der Waals surface area contributed by atoms with Crippen molar-refractivity contribution in [1.29, 1.82) is 0 Å². The average Bonchev–Trinajstić information content (AvgIpc) is 2.80. The van der Waals surface area contributed by atoms with E-state index in [1.54, 1.807) is 24.4 Å². The van der Waals surface area contributed by atoms with Gasteiger partial charge in [0.1, 0.15) is 0 Å². The first-order chi connectivity index (χ1) is 15.8. The third-order valence-corrected chi connectivity index (χ3v) is 6.86. The van der Waals surface area contributed by atoms with Gasteiger partial charge in [0.2, 0.25) is 10.0 Å². The number of halogens is 1. The molecule has 0 saturated heterocycles. The lowest BCUT2D eigenvalue weighted by atomic mass is 9.88. The van der Waals surface area contributed by atoms with Gasteiger partial charge in [-0.25, -0.2) is 13.1 Å². The summed E-state index contributed by atoms with van der Waals surface area (Å²) in [5.41, 5.74) is 3.12. The number of carboxylic acid groups (broad SMARTS) is 1. The van der Waals surface area contributed by atoms with Crippen LogP contribution < -0.4 is 4.72 Å². The van der Waals surface area contributed by atoms with Crippen LogP contribution in [0.15, 0.2) is 90.1 Å². The summed E-state index contributed by atoms with van der Waals surface area (Å²) in [6.07, 6.45) is 8.26. The second kappa shape index (κ2) is 11.7. The van der Waals surface area contributed by atoms with Crippen LogP contribution in [0, 0.1) is 0 Å². The number of carboxylic acids is 1. The Bertz CT molecular complexity index is 1180. The van der Waals surface area contributed by atoms with Gasteiger partial charge in [0.05, 0.1) is 11.3 Å². The summed E-state index contributed by atoms with van der Waals surface area (Å²) < 4.78 is 27.4. The maximum Gasteiger partial charge on any atom is 0.307 e. The van der Waals surface area contributed by atoms with Gasteiger partial charge in [0.25, 0.3) is 0 Å². The molecule has 8 heteroatoms. The standard InChI is InChI=1S/C25H25ClN2O4S/c26-22-11-13-23(14-12-22)33(31,32)28-17-15-19-7-9-20(10-8-19)24(5-1-2-6-25(29)30)21-4-3-16-27-18-21/h1-4,7-14,16,18,24,28H,5-6,15,17H2,(H,29,30)/b2-1+. The number of sulfonamides is 1. The molecule has 6 nitrogen and oxygen atoms in total. The molecule has 172 valence electrons. The highest BCUT2D eigenvalue weighted by Crippen LogP contribution is 2.28. The second-order valence-corrected chi connectivity index (χ2v) is 9.69. The Morgan fingerprint density at radius 1 is 1.03 bits per heavy atom. The zero-order valence-corrected chi connectivity index (χ0v) is 19.5. The third kappa shape index (κ3) is 7.53. The van der Waals surface area contributed by atoms with E-state index in [9.17, 15) is 13.2 Å². The van der Waals surface area contributed by atoms with E-state index < -0.39 is 16.0 Å². The lowest BCUT2D eigenvalue weighted by Gasteiger charge is -2.16. The number of pyridine rings is 1. The zero-order valence-electron chi connectivity index (χ0n) is 17.9. The number of hydrogen-bond acceptors (Lipinski definition) is 4. The fourth-order valence-corrected chi connectivity index (χ4v) is 4.56. The number of allylic oxidation sites excluding steroid dienone is 1. The number of aromatic nitrogens is 1. The molecule has 33 heavy (non-hydrogen) atoms.